The molecule has 0 radical (unpaired) electrons. The lowest BCUT2D eigenvalue weighted by atomic mass is 10.1. The van der Waals surface area contributed by atoms with Gasteiger partial charge in [0.1, 0.15) is 0 Å². The van der Waals surface area contributed by atoms with Gasteiger partial charge in [-0.3, -0.25) is 9.78 Å². The Morgan fingerprint density at radius 1 is 1.21 bits per heavy atom. The largest absolute Gasteiger partial charge is 0.493 e. The van der Waals surface area contributed by atoms with Crippen molar-refractivity contribution in [2.75, 3.05) is 31.9 Å². The number of fused-ring (bicyclic) bond motifs is 1. The van der Waals surface area contributed by atoms with Crippen LogP contribution in [0.15, 0.2) is 35.1 Å². The Labute approximate surface area is 193 Å². The van der Waals surface area contributed by atoms with Crippen molar-refractivity contribution in [2.45, 2.75) is 33.4 Å². The summed E-state index contributed by atoms with van der Waals surface area (Å²) in [5.41, 5.74) is 2.70. The molecule has 0 aliphatic carbocycles. The van der Waals surface area contributed by atoms with E-state index in [0.29, 0.717) is 40.5 Å². The lowest BCUT2D eigenvalue weighted by Crippen LogP contribution is -2.28. The van der Waals surface area contributed by atoms with Gasteiger partial charge >= 0.3 is 0 Å². The zero-order chi connectivity index (χ0) is 24.3. The minimum atomic E-state index is -3.32. The summed E-state index contributed by atoms with van der Waals surface area (Å²) in [6.07, 6.45) is 0. The van der Waals surface area contributed by atoms with Crippen LogP contribution in [0.1, 0.15) is 36.6 Å². The van der Waals surface area contributed by atoms with Crippen molar-refractivity contribution < 1.29 is 17.9 Å². The Bertz CT molecular complexity index is 1320. The number of H-pyrrole nitrogens is 1. The maximum Gasteiger partial charge on any atom is 0.260 e. The predicted octanol–water partition coefficient (Wildman–Crippen LogP) is 2.89. The van der Waals surface area contributed by atoms with Gasteiger partial charge in [0.25, 0.3) is 5.56 Å². The van der Waals surface area contributed by atoms with Gasteiger partial charge in [-0.15, -0.1) is 0 Å². The molecule has 33 heavy (non-hydrogen) atoms. The number of methoxy groups -OCH3 is 2. The van der Waals surface area contributed by atoms with Gasteiger partial charge in [-0.25, -0.2) is 18.1 Å². The summed E-state index contributed by atoms with van der Waals surface area (Å²) in [6, 6.07) is 8.98. The van der Waals surface area contributed by atoms with Crippen LogP contribution in [0.4, 0.5) is 5.95 Å². The van der Waals surface area contributed by atoms with E-state index >= 15 is 0 Å². The molecule has 0 saturated carbocycles. The van der Waals surface area contributed by atoms with Crippen LogP contribution in [0.3, 0.4) is 0 Å². The smallest absolute Gasteiger partial charge is 0.260 e. The number of nitrogens with one attached hydrogen (secondary N) is 2. The quantitative estimate of drug-likeness (QED) is 0.490. The molecular weight excluding hydrogens is 444 g/mol. The van der Waals surface area contributed by atoms with Crippen molar-refractivity contribution in [3.8, 4) is 11.5 Å². The third-order valence-electron chi connectivity index (χ3n) is 5.53. The van der Waals surface area contributed by atoms with Gasteiger partial charge < -0.3 is 14.4 Å². The molecular formula is C23H30N4O5S. The Morgan fingerprint density at radius 2 is 1.94 bits per heavy atom. The Hall–Kier alpha value is -3.11. The fourth-order valence-electron chi connectivity index (χ4n) is 3.75. The fourth-order valence-corrected chi connectivity index (χ4v) is 4.59. The standard InChI is InChI=1S/C23H30N4O5S/c1-7-33(29,30)26-15(3)17-10-8-9-16(11-17)13-27(4)23-24-18-12-19(31-5)21(32-6)14(2)20(18)22(28)25-23/h8-12,15,26H,7,13H2,1-6H3,(H,24,25,28). The first-order chi connectivity index (χ1) is 15.6. The number of aryl methyl sites for hydroxylation is 1. The van der Waals surface area contributed by atoms with Gasteiger partial charge in [0, 0.05) is 31.3 Å². The van der Waals surface area contributed by atoms with Gasteiger partial charge in [-0.05, 0) is 31.9 Å². The van der Waals surface area contributed by atoms with E-state index in [-0.39, 0.29) is 17.4 Å². The van der Waals surface area contributed by atoms with Gasteiger partial charge in [0.2, 0.25) is 16.0 Å². The van der Waals surface area contributed by atoms with E-state index in [1.807, 2.05) is 43.1 Å². The molecule has 1 unspecified atom stereocenters. The van der Waals surface area contributed by atoms with Crippen LogP contribution in [0.2, 0.25) is 0 Å². The van der Waals surface area contributed by atoms with Gasteiger partial charge in [-0.1, -0.05) is 24.3 Å². The van der Waals surface area contributed by atoms with Crippen LogP contribution < -0.4 is 24.7 Å². The maximum absolute atomic E-state index is 12.9. The average molecular weight is 475 g/mol. The number of benzene rings is 2. The number of anilines is 1. The Morgan fingerprint density at radius 3 is 2.58 bits per heavy atom. The van der Waals surface area contributed by atoms with Crippen LogP contribution >= 0.6 is 0 Å². The summed E-state index contributed by atoms with van der Waals surface area (Å²) in [5, 5.41) is 0.448. The summed E-state index contributed by atoms with van der Waals surface area (Å²) in [6.45, 7) is 5.67. The molecule has 1 atom stereocenters. The number of rotatable bonds is 9. The average Bonchev–Trinajstić information content (AvgIpc) is 2.78. The minimum absolute atomic E-state index is 0.0247. The zero-order valence-corrected chi connectivity index (χ0v) is 20.5. The highest BCUT2D eigenvalue weighted by Gasteiger charge is 2.18. The number of nitrogens with zero attached hydrogens (tertiary/aromatic N) is 2. The number of aromatic amines is 1. The van der Waals surface area contributed by atoms with Crippen molar-refractivity contribution in [1.82, 2.24) is 14.7 Å². The van der Waals surface area contributed by atoms with Crippen molar-refractivity contribution in [3.05, 3.63) is 57.4 Å². The highest BCUT2D eigenvalue weighted by Crippen LogP contribution is 2.35. The maximum atomic E-state index is 12.9. The van der Waals surface area contributed by atoms with Gasteiger partial charge in [0.05, 0.1) is 30.9 Å². The molecule has 0 amide bonds. The molecule has 2 N–H and O–H groups in total. The second-order valence-electron chi connectivity index (χ2n) is 7.86. The molecule has 3 rings (SSSR count). The van der Waals surface area contributed by atoms with Crippen LogP contribution in [-0.2, 0) is 16.6 Å². The predicted molar refractivity (Wildman–Crippen MR) is 130 cm³/mol. The van der Waals surface area contributed by atoms with Crippen molar-refractivity contribution in [2.24, 2.45) is 0 Å². The van der Waals surface area contributed by atoms with Crippen molar-refractivity contribution >= 4 is 26.9 Å². The monoisotopic (exact) mass is 474 g/mol. The van der Waals surface area contributed by atoms with E-state index in [0.717, 1.165) is 11.1 Å². The molecule has 2 aromatic carbocycles. The normalized spacial score (nSPS) is 12.5. The second-order valence-corrected chi connectivity index (χ2v) is 9.91. The van der Waals surface area contributed by atoms with Crippen molar-refractivity contribution in [1.29, 1.82) is 0 Å². The third kappa shape index (κ3) is 5.28. The molecule has 0 aliphatic heterocycles. The molecule has 1 aromatic heterocycles. The van der Waals surface area contributed by atoms with Crippen LogP contribution in [0, 0.1) is 6.92 Å². The molecule has 0 fully saturated rings. The number of hydrogen-bond acceptors (Lipinski definition) is 7. The van der Waals surface area contributed by atoms with Gasteiger partial charge in [0.15, 0.2) is 11.5 Å². The molecule has 1 heterocycles. The Kier molecular flexibility index (Phi) is 7.28. The lowest BCUT2D eigenvalue weighted by molar-refractivity contribution is 0.354. The first-order valence-corrected chi connectivity index (χ1v) is 12.2. The van der Waals surface area contributed by atoms with Crippen LogP contribution in [0.25, 0.3) is 10.9 Å². The van der Waals surface area contributed by atoms with E-state index < -0.39 is 10.0 Å². The summed E-state index contributed by atoms with van der Waals surface area (Å²) in [5.74, 6) is 1.44. The van der Waals surface area contributed by atoms with Crippen LogP contribution in [0.5, 0.6) is 11.5 Å². The van der Waals surface area contributed by atoms with E-state index in [9.17, 15) is 13.2 Å². The molecule has 0 spiro atoms. The Balaban J connectivity index is 1.91. The molecule has 10 heteroatoms. The van der Waals surface area contributed by atoms with E-state index in [1.165, 1.54) is 14.2 Å². The molecule has 0 saturated heterocycles. The highest BCUT2D eigenvalue weighted by molar-refractivity contribution is 7.89. The minimum Gasteiger partial charge on any atom is -0.493 e. The topological polar surface area (TPSA) is 114 Å². The van der Waals surface area contributed by atoms with Crippen molar-refractivity contribution in [3.63, 3.8) is 0 Å². The first-order valence-electron chi connectivity index (χ1n) is 10.6. The number of ether oxygens (including phenoxy) is 2. The van der Waals surface area contributed by atoms with E-state index in [4.69, 9.17) is 9.47 Å². The molecule has 0 aliphatic rings. The zero-order valence-electron chi connectivity index (χ0n) is 19.7. The second kappa shape index (κ2) is 9.80. The fraction of sp³-hybridized carbons (Fsp3) is 0.391. The molecule has 9 nitrogen and oxygen atoms in total. The SMILES string of the molecule is CCS(=O)(=O)NC(C)c1cccc(CN(C)c2nc3cc(OC)c(OC)c(C)c3c(=O)[nH]2)c1. The highest BCUT2D eigenvalue weighted by atomic mass is 32.2. The van der Waals surface area contributed by atoms with Gasteiger partial charge in [-0.2, -0.15) is 0 Å². The van der Waals surface area contributed by atoms with Crippen LogP contribution in [-0.4, -0.2) is 45.4 Å². The number of sulfonamides is 1. The first kappa shape index (κ1) is 24.5. The molecule has 0 bridgehead atoms. The third-order valence-corrected chi connectivity index (χ3v) is 7.01. The summed E-state index contributed by atoms with van der Waals surface area (Å²) < 4.78 is 37.3. The van der Waals surface area contributed by atoms with E-state index in [1.54, 1.807) is 19.9 Å². The molecule has 3 aromatic rings. The summed E-state index contributed by atoms with van der Waals surface area (Å²) in [7, 11) is 1.58. The molecule has 178 valence electrons. The summed E-state index contributed by atoms with van der Waals surface area (Å²) >= 11 is 0. The lowest BCUT2D eigenvalue weighted by Gasteiger charge is -2.20. The summed E-state index contributed by atoms with van der Waals surface area (Å²) in [4.78, 5) is 22.2. The number of aromatic nitrogens is 2. The number of hydrogen-bond donors (Lipinski definition) is 2. The van der Waals surface area contributed by atoms with E-state index in [2.05, 4.69) is 14.7 Å².